The lowest BCUT2D eigenvalue weighted by atomic mass is 9.84. The highest BCUT2D eigenvalue weighted by Crippen LogP contribution is 2.30. The van der Waals surface area contributed by atoms with E-state index < -0.39 is 0 Å². The van der Waals surface area contributed by atoms with Gasteiger partial charge in [0.05, 0.1) is 18.7 Å². The second kappa shape index (κ2) is 10.2. The molecule has 2 bridgehead atoms. The normalized spacial score (nSPS) is 21.7. The van der Waals surface area contributed by atoms with Gasteiger partial charge in [-0.25, -0.2) is 4.98 Å². The number of aromatic nitrogens is 3. The van der Waals surface area contributed by atoms with Crippen molar-refractivity contribution in [3.63, 3.8) is 0 Å². The fourth-order valence-electron chi connectivity index (χ4n) is 4.55. The lowest BCUT2D eigenvalue weighted by molar-refractivity contribution is -0.122. The molecule has 0 aliphatic carbocycles. The molecule has 0 radical (unpaired) electrons. The monoisotopic (exact) mass is 457 g/mol. The molecule has 2 aromatic heterocycles. The van der Waals surface area contributed by atoms with Crippen molar-refractivity contribution in [2.75, 3.05) is 33.4 Å². The predicted octanol–water partition coefficient (Wildman–Crippen LogP) is 2.33. The summed E-state index contributed by atoms with van der Waals surface area (Å²) in [4.78, 5) is 28.4. The number of carboxylic acid groups (broad SMARTS) is 1. The van der Waals surface area contributed by atoms with Gasteiger partial charge in [-0.3, -0.25) is 14.3 Å². The minimum absolute atomic E-state index is 0.0769. The number of methoxy groups -OCH3 is 1. The van der Waals surface area contributed by atoms with Gasteiger partial charge in [0, 0.05) is 42.2 Å². The first kappa shape index (κ1) is 22.4. The zero-order chi connectivity index (χ0) is 22.5. The van der Waals surface area contributed by atoms with E-state index in [1.807, 2.05) is 22.2 Å². The summed E-state index contributed by atoms with van der Waals surface area (Å²) >= 11 is 1.60. The maximum absolute atomic E-state index is 13.2. The topological polar surface area (TPSA) is 110 Å². The first-order valence-electron chi connectivity index (χ1n) is 10.6. The van der Waals surface area contributed by atoms with Crippen LogP contribution < -0.4 is 5.32 Å². The van der Waals surface area contributed by atoms with E-state index in [0.29, 0.717) is 24.8 Å². The van der Waals surface area contributed by atoms with Crippen molar-refractivity contribution in [2.24, 2.45) is 5.92 Å². The summed E-state index contributed by atoms with van der Waals surface area (Å²) in [5.74, 6) is 0.509. The van der Waals surface area contributed by atoms with Gasteiger partial charge in [0.2, 0.25) is 0 Å². The molecule has 6 rings (SSSR count). The third-order valence-corrected chi connectivity index (χ3v) is 6.95. The number of hydrogen-bond donors (Lipinski definition) is 2. The van der Waals surface area contributed by atoms with Crippen LogP contribution in [0, 0.1) is 5.92 Å². The number of carbonyl (C=O) groups excluding carboxylic acids is 1. The van der Waals surface area contributed by atoms with Crippen molar-refractivity contribution < 1.29 is 19.4 Å². The predicted molar refractivity (Wildman–Crippen MR) is 122 cm³/mol. The molecule has 1 amide bonds. The number of nitrogens with one attached hydrogen (secondary N) is 1. The minimum Gasteiger partial charge on any atom is -0.483 e. The largest absolute Gasteiger partial charge is 0.483 e. The van der Waals surface area contributed by atoms with Crippen LogP contribution in [-0.4, -0.2) is 76.5 Å². The van der Waals surface area contributed by atoms with Crippen LogP contribution >= 0.6 is 11.3 Å². The Morgan fingerprint density at radius 1 is 1.38 bits per heavy atom. The molecule has 3 saturated heterocycles. The summed E-state index contributed by atoms with van der Waals surface area (Å²) in [7, 11) is 1.67. The van der Waals surface area contributed by atoms with Crippen molar-refractivity contribution in [3.05, 3.63) is 35.5 Å². The quantitative estimate of drug-likeness (QED) is 0.547. The Balaban J connectivity index is 0.000000775. The van der Waals surface area contributed by atoms with Gasteiger partial charge in [-0.15, -0.1) is 11.3 Å². The molecule has 5 heterocycles. The van der Waals surface area contributed by atoms with Crippen molar-refractivity contribution >= 4 is 34.6 Å². The van der Waals surface area contributed by atoms with Gasteiger partial charge in [-0.1, -0.05) is 6.07 Å². The van der Waals surface area contributed by atoms with Crippen LogP contribution in [0.2, 0.25) is 0 Å². The molecule has 0 saturated carbocycles. The number of fused-ring (bicyclic) bond motifs is 4. The molecular formula is C22H27N5O4S. The minimum atomic E-state index is -0.250. The fourth-order valence-corrected chi connectivity index (χ4v) is 5.19. The molecule has 3 aliphatic heterocycles. The van der Waals surface area contributed by atoms with E-state index in [-0.39, 0.29) is 18.4 Å². The number of amides is 1. The van der Waals surface area contributed by atoms with Gasteiger partial charge < -0.3 is 20.1 Å². The first-order chi connectivity index (χ1) is 15.6. The Hall–Kier alpha value is -2.82. The van der Waals surface area contributed by atoms with E-state index in [1.54, 1.807) is 24.6 Å². The molecule has 1 atom stereocenters. The Morgan fingerprint density at radius 2 is 2.16 bits per heavy atom. The van der Waals surface area contributed by atoms with E-state index in [1.165, 1.54) is 12.8 Å². The number of hydrogen-bond acceptors (Lipinski definition) is 7. The molecule has 3 aromatic rings. The molecule has 0 unspecified atom stereocenters. The smallest absolute Gasteiger partial charge is 0.290 e. The van der Waals surface area contributed by atoms with Gasteiger partial charge in [-0.2, -0.15) is 5.10 Å². The average molecular weight is 458 g/mol. The lowest BCUT2D eigenvalue weighted by Crippen LogP contribution is -2.57. The summed E-state index contributed by atoms with van der Waals surface area (Å²) < 4.78 is 7.12. The van der Waals surface area contributed by atoms with Crippen LogP contribution in [0.3, 0.4) is 0 Å². The fraction of sp³-hybridized carbons (Fsp3) is 0.455. The van der Waals surface area contributed by atoms with Crippen LogP contribution in [0.15, 0.2) is 29.8 Å². The van der Waals surface area contributed by atoms with Crippen LogP contribution in [-0.2, 0) is 16.1 Å². The number of carbonyl (C=O) groups is 2. The molecular weight excluding hydrogens is 430 g/mol. The zero-order valence-corrected chi connectivity index (χ0v) is 18.8. The second-order valence-corrected chi connectivity index (χ2v) is 8.85. The van der Waals surface area contributed by atoms with Crippen LogP contribution in [0.5, 0.6) is 0 Å². The molecule has 9 nitrogen and oxygen atoms in total. The number of nitrogens with zero attached hydrogens (tertiary/aromatic N) is 4. The van der Waals surface area contributed by atoms with Crippen molar-refractivity contribution in [2.45, 2.75) is 25.4 Å². The van der Waals surface area contributed by atoms with Gasteiger partial charge in [0.1, 0.15) is 5.01 Å². The van der Waals surface area contributed by atoms with E-state index >= 15 is 0 Å². The van der Waals surface area contributed by atoms with E-state index in [2.05, 4.69) is 26.4 Å². The number of rotatable bonds is 6. The van der Waals surface area contributed by atoms with Gasteiger partial charge in [0.15, 0.2) is 5.69 Å². The van der Waals surface area contributed by atoms with Gasteiger partial charge >= 0.3 is 0 Å². The first-order valence-corrected chi connectivity index (χ1v) is 11.5. The third-order valence-electron chi connectivity index (χ3n) is 6.13. The average Bonchev–Trinajstić information content (AvgIpc) is 3.47. The van der Waals surface area contributed by atoms with Crippen molar-refractivity contribution in [1.29, 1.82) is 0 Å². The van der Waals surface area contributed by atoms with E-state index in [9.17, 15) is 4.79 Å². The third kappa shape index (κ3) is 4.67. The van der Waals surface area contributed by atoms with E-state index in [4.69, 9.17) is 14.6 Å². The summed E-state index contributed by atoms with van der Waals surface area (Å²) in [6, 6.07) is 6.31. The highest BCUT2D eigenvalue weighted by atomic mass is 32.1. The highest BCUT2D eigenvalue weighted by molar-refractivity contribution is 7.13. The highest BCUT2D eigenvalue weighted by Gasteiger charge is 2.35. The van der Waals surface area contributed by atoms with Crippen LogP contribution in [0.4, 0.5) is 0 Å². The second-order valence-electron chi connectivity index (χ2n) is 7.96. The zero-order valence-electron chi connectivity index (χ0n) is 17.9. The molecule has 3 aliphatic rings. The Kier molecular flexibility index (Phi) is 7.13. The van der Waals surface area contributed by atoms with E-state index in [0.717, 1.165) is 41.1 Å². The molecule has 32 heavy (non-hydrogen) atoms. The lowest BCUT2D eigenvalue weighted by Gasteiger charge is -2.44. The Morgan fingerprint density at radius 3 is 2.78 bits per heavy atom. The number of ether oxygens (including phenoxy) is 1. The summed E-state index contributed by atoms with van der Waals surface area (Å²) in [6.45, 7) is 4.16. The molecule has 0 spiro atoms. The van der Waals surface area contributed by atoms with Crippen molar-refractivity contribution in [3.8, 4) is 10.6 Å². The summed E-state index contributed by atoms with van der Waals surface area (Å²) in [5.41, 5.74) is 2.47. The van der Waals surface area contributed by atoms with Crippen LogP contribution in [0.25, 0.3) is 21.5 Å². The maximum Gasteiger partial charge on any atom is 0.290 e. The SMILES string of the molecule is COCCn1nc(C(=O)N[C@@H]2CN3CCC2CC3)c2ccc(-c3nccs3)cc21.O=CO. The maximum atomic E-state index is 13.2. The number of benzene rings is 1. The van der Waals surface area contributed by atoms with Crippen molar-refractivity contribution in [1.82, 2.24) is 25.0 Å². The molecule has 170 valence electrons. The molecule has 3 fully saturated rings. The van der Waals surface area contributed by atoms with Crippen LogP contribution in [0.1, 0.15) is 23.3 Å². The summed E-state index contributed by atoms with van der Waals surface area (Å²) in [5, 5.41) is 18.6. The standard InChI is InChI=1S/C21H25N5O2S.CH2O2/c1-28-10-9-26-18-12-15(21-22-6-11-29-21)2-3-16(18)19(24-26)20(27)23-17-13-25-7-4-14(17)5-8-25;2-1-3/h2-3,6,11-12,14,17H,4-5,7-10,13H2,1H3,(H,23,27);1H,(H,2,3)/t17-;/m1./s1. The Labute approximate surface area is 190 Å². The molecule has 10 heteroatoms. The summed E-state index contributed by atoms with van der Waals surface area (Å²) in [6.07, 6.45) is 4.15. The Bertz CT molecular complexity index is 1060. The number of thiazole rings is 1. The van der Waals surface area contributed by atoms with Gasteiger partial charge in [0.25, 0.3) is 12.4 Å². The molecule has 1 aromatic carbocycles. The number of piperidine rings is 3. The van der Waals surface area contributed by atoms with Gasteiger partial charge in [-0.05, 0) is 44.0 Å². The molecule has 2 N–H and O–H groups in total.